The lowest BCUT2D eigenvalue weighted by Gasteiger charge is -2.32. The van der Waals surface area contributed by atoms with E-state index in [-0.39, 0.29) is 0 Å². The van der Waals surface area contributed by atoms with Crippen LogP contribution in [0.25, 0.3) is 0 Å². The molecule has 3 heteroatoms. The van der Waals surface area contributed by atoms with Crippen molar-refractivity contribution in [2.75, 3.05) is 13.2 Å². The van der Waals surface area contributed by atoms with Gasteiger partial charge in [0, 0.05) is 19.0 Å². The van der Waals surface area contributed by atoms with Gasteiger partial charge in [0.2, 0.25) is 0 Å². The molecule has 1 N–H and O–H groups in total. The summed E-state index contributed by atoms with van der Waals surface area (Å²) >= 11 is 0. The summed E-state index contributed by atoms with van der Waals surface area (Å²) in [6.45, 7) is 6.99. The van der Waals surface area contributed by atoms with Gasteiger partial charge >= 0.3 is 0 Å². The van der Waals surface area contributed by atoms with Crippen molar-refractivity contribution in [3.05, 3.63) is 23.3 Å². The number of nitrogens with one attached hydrogen (secondary N) is 1. The van der Waals surface area contributed by atoms with Crippen molar-refractivity contribution in [3.63, 3.8) is 0 Å². The minimum absolute atomic E-state index is 0.538. The Morgan fingerprint density at radius 2 is 1.94 bits per heavy atom. The molecular weight excluding hydrogens is 226 g/mol. The summed E-state index contributed by atoms with van der Waals surface area (Å²) in [4.78, 5) is 0. The maximum absolute atomic E-state index is 5.79. The Balaban J connectivity index is 1.99. The molecule has 2 heterocycles. The smallest absolute Gasteiger partial charge is 0.161 e. The van der Waals surface area contributed by atoms with Gasteiger partial charge in [-0.05, 0) is 35.6 Å². The molecule has 0 aliphatic carbocycles. The summed E-state index contributed by atoms with van der Waals surface area (Å²) in [6, 6.07) is 4.93. The van der Waals surface area contributed by atoms with Gasteiger partial charge in [-0.15, -0.1) is 0 Å². The molecule has 2 atom stereocenters. The third-order valence-corrected chi connectivity index (χ3v) is 4.10. The van der Waals surface area contributed by atoms with E-state index in [1.165, 1.54) is 11.1 Å². The van der Waals surface area contributed by atoms with Crippen LogP contribution in [-0.2, 0) is 6.54 Å². The fourth-order valence-corrected chi connectivity index (χ4v) is 2.98. The second kappa shape index (κ2) is 4.81. The Bertz CT molecular complexity index is 444. The van der Waals surface area contributed by atoms with Crippen LogP contribution in [0.1, 0.15) is 43.7 Å². The van der Waals surface area contributed by atoms with Crippen molar-refractivity contribution < 1.29 is 9.47 Å². The first-order valence-corrected chi connectivity index (χ1v) is 6.95. The van der Waals surface area contributed by atoms with Crippen molar-refractivity contribution in [1.82, 2.24) is 5.32 Å². The Hall–Kier alpha value is -1.22. The molecule has 0 saturated heterocycles. The minimum atomic E-state index is 0.538. The zero-order valence-corrected chi connectivity index (χ0v) is 11.2. The van der Waals surface area contributed by atoms with Gasteiger partial charge in [0.25, 0.3) is 0 Å². The van der Waals surface area contributed by atoms with E-state index in [4.69, 9.17) is 9.47 Å². The predicted octanol–water partition coefficient (Wildman–Crippen LogP) is 2.83. The van der Waals surface area contributed by atoms with Crippen molar-refractivity contribution >= 4 is 0 Å². The number of ether oxygens (including phenoxy) is 2. The van der Waals surface area contributed by atoms with Crippen LogP contribution in [0, 0.1) is 0 Å². The molecule has 3 nitrogen and oxygen atoms in total. The molecule has 1 aromatic rings. The van der Waals surface area contributed by atoms with Crippen LogP contribution in [0.15, 0.2) is 12.1 Å². The van der Waals surface area contributed by atoms with E-state index in [0.717, 1.165) is 44.1 Å². The first-order chi connectivity index (χ1) is 8.79. The normalized spacial score (nSPS) is 26.3. The van der Waals surface area contributed by atoms with E-state index in [2.05, 4.69) is 31.3 Å². The highest BCUT2D eigenvalue weighted by molar-refractivity contribution is 5.50. The molecule has 2 aliphatic heterocycles. The van der Waals surface area contributed by atoms with Gasteiger partial charge in [0.05, 0.1) is 13.2 Å². The second-order valence-electron chi connectivity index (χ2n) is 5.23. The van der Waals surface area contributed by atoms with Crippen LogP contribution in [0.5, 0.6) is 11.5 Å². The molecule has 2 aliphatic rings. The second-order valence-corrected chi connectivity index (χ2v) is 5.23. The maximum Gasteiger partial charge on any atom is 0.161 e. The summed E-state index contributed by atoms with van der Waals surface area (Å²) in [5.74, 6) is 2.38. The third-order valence-electron chi connectivity index (χ3n) is 4.10. The van der Waals surface area contributed by atoms with Gasteiger partial charge in [-0.25, -0.2) is 0 Å². The Labute approximate surface area is 108 Å². The Morgan fingerprint density at radius 3 is 2.67 bits per heavy atom. The largest absolute Gasteiger partial charge is 0.490 e. The highest BCUT2D eigenvalue weighted by atomic mass is 16.5. The molecule has 0 radical (unpaired) electrons. The first kappa shape index (κ1) is 11.8. The first-order valence-electron chi connectivity index (χ1n) is 6.95. The molecule has 18 heavy (non-hydrogen) atoms. The number of hydrogen-bond donors (Lipinski definition) is 1. The van der Waals surface area contributed by atoms with Gasteiger partial charge in [0.15, 0.2) is 11.5 Å². The van der Waals surface area contributed by atoms with E-state index in [9.17, 15) is 0 Å². The van der Waals surface area contributed by atoms with Crippen LogP contribution in [0.3, 0.4) is 0 Å². The lowest BCUT2D eigenvalue weighted by atomic mass is 9.84. The molecule has 0 bridgehead atoms. The molecule has 98 valence electrons. The standard InChI is InChI=1S/C15H21NO2/c1-3-13-10(2)12-8-15-14(7-11(12)9-16-13)17-5-4-6-18-15/h7-8,10,13,16H,3-6,9H2,1-2H3. The Morgan fingerprint density at radius 1 is 1.22 bits per heavy atom. The summed E-state index contributed by atoms with van der Waals surface area (Å²) in [5.41, 5.74) is 2.78. The number of hydrogen-bond acceptors (Lipinski definition) is 3. The van der Waals surface area contributed by atoms with Crippen molar-refractivity contribution in [2.24, 2.45) is 0 Å². The molecule has 1 aromatic carbocycles. The predicted molar refractivity (Wildman–Crippen MR) is 71.4 cm³/mol. The van der Waals surface area contributed by atoms with Gasteiger partial charge in [-0.3, -0.25) is 0 Å². The van der Waals surface area contributed by atoms with Crippen molar-refractivity contribution in [1.29, 1.82) is 0 Å². The molecule has 0 amide bonds. The van der Waals surface area contributed by atoms with Gasteiger partial charge in [-0.2, -0.15) is 0 Å². The van der Waals surface area contributed by atoms with Gasteiger partial charge in [-0.1, -0.05) is 13.8 Å². The summed E-state index contributed by atoms with van der Waals surface area (Å²) in [7, 11) is 0. The topological polar surface area (TPSA) is 30.5 Å². The van der Waals surface area contributed by atoms with E-state index in [1.54, 1.807) is 0 Å². The molecule has 0 saturated carbocycles. The number of fused-ring (bicyclic) bond motifs is 2. The van der Waals surface area contributed by atoms with Crippen LogP contribution in [0.4, 0.5) is 0 Å². The lowest BCUT2D eigenvalue weighted by molar-refractivity contribution is 0.297. The zero-order valence-electron chi connectivity index (χ0n) is 11.2. The SMILES string of the molecule is CCC1NCc2cc3c(cc2C1C)OCCCO3. The quantitative estimate of drug-likeness (QED) is 0.827. The van der Waals surface area contributed by atoms with E-state index in [0.29, 0.717) is 12.0 Å². The fourth-order valence-electron chi connectivity index (χ4n) is 2.98. The molecule has 0 fully saturated rings. The van der Waals surface area contributed by atoms with Crippen LogP contribution in [-0.4, -0.2) is 19.3 Å². The van der Waals surface area contributed by atoms with Crippen LogP contribution >= 0.6 is 0 Å². The monoisotopic (exact) mass is 247 g/mol. The van der Waals surface area contributed by atoms with Crippen LogP contribution < -0.4 is 14.8 Å². The average molecular weight is 247 g/mol. The molecule has 2 unspecified atom stereocenters. The highest BCUT2D eigenvalue weighted by Gasteiger charge is 2.26. The molecule has 3 rings (SSSR count). The number of benzene rings is 1. The van der Waals surface area contributed by atoms with Crippen LogP contribution in [0.2, 0.25) is 0 Å². The molecule has 0 aromatic heterocycles. The summed E-state index contributed by atoms with van der Waals surface area (Å²) in [5, 5.41) is 3.60. The van der Waals surface area contributed by atoms with Gasteiger partial charge in [0.1, 0.15) is 0 Å². The summed E-state index contributed by atoms with van der Waals surface area (Å²) < 4.78 is 11.5. The van der Waals surface area contributed by atoms with E-state index >= 15 is 0 Å². The maximum atomic E-state index is 5.79. The third kappa shape index (κ3) is 1.97. The highest BCUT2D eigenvalue weighted by Crippen LogP contribution is 2.38. The summed E-state index contributed by atoms with van der Waals surface area (Å²) in [6.07, 6.45) is 2.12. The lowest BCUT2D eigenvalue weighted by Crippen LogP contribution is -2.37. The molecule has 0 spiro atoms. The molecular formula is C15H21NO2. The fraction of sp³-hybridized carbons (Fsp3) is 0.600. The zero-order chi connectivity index (χ0) is 12.5. The van der Waals surface area contributed by atoms with E-state index in [1.807, 2.05) is 0 Å². The van der Waals surface area contributed by atoms with E-state index < -0.39 is 0 Å². The average Bonchev–Trinajstić information content (AvgIpc) is 2.62. The van der Waals surface area contributed by atoms with Crippen molar-refractivity contribution in [2.45, 2.75) is 45.2 Å². The number of rotatable bonds is 1. The van der Waals surface area contributed by atoms with Crippen molar-refractivity contribution in [3.8, 4) is 11.5 Å². The Kier molecular flexibility index (Phi) is 3.16. The minimum Gasteiger partial charge on any atom is -0.490 e. The van der Waals surface area contributed by atoms with Gasteiger partial charge < -0.3 is 14.8 Å².